The van der Waals surface area contributed by atoms with Crippen LogP contribution in [-0.4, -0.2) is 35.2 Å². The molecule has 0 radical (unpaired) electrons. The summed E-state index contributed by atoms with van der Waals surface area (Å²) in [6, 6.07) is 32.5. The Bertz CT molecular complexity index is 851. The Kier molecular flexibility index (Phi) is 8.49. The number of benzene rings is 3. The molecule has 1 aliphatic heterocycles. The summed E-state index contributed by atoms with van der Waals surface area (Å²) >= 11 is 0. The SMILES string of the molecule is OCC(C(c1ccccc1)C1CCCCCN1)N(Cc1ccccc1)Cc1ccccc1. The molecule has 1 saturated heterocycles. The second-order valence-electron chi connectivity index (χ2n) is 8.97. The van der Waals surface area contributed by atoms with Crippen molar-refractivity contribution in [3.8, 4) is 0 Å². The highest BCUT2D eigenvalue weighted by atomic mass is 16.3. The van der Waals surface area contributed by atoms with Gasteiger partial charge in [0.2, 0.25) is 0 Å². The van der Waals surface area contributed by atoms with Crippen molar-refractivity contribution in [1.29, 1.82) is 0 Å². The van der Waals surface area contributed by atoms with Gasteiger partial charge in [0.05, 0.1) is 6.61 Å². The monoisotopic (exact) mass is 428 g/mol. The van der Waals surface area contributed by atoms with E-state index in [1.54, 1.807) is 0 Å². The van der Waals surface area contributed by atoms with Gasteiger partial charge in [-0.25, -0.2) is 0 Å². The first-order chi connectivity index (χ1) is 15.8. The van der Waals surface area contributed by atoms with E-state index in [-0.39, 0.29) is 18.6 Å². The van der Waals surface area contributed by atoms with E-state index in [1.165, 1.54) is 36.0 Å². The average Bonchev–Trinajstić information content (AvgIpc) is 3.13. The topological polar surface area (TPSA) is 35.5 Å². The van der Waals surface area contributed by atoms with E-state index >= 15 is 0 Å². The third-order valence-corrected chi connectivity index (χ3v) is 6.74. The molecule has 168 valence electrons. The largest absolute Gasteiger partial charge is 0.395 e. The minimum Gasteiger partial charge on any atom is -0.395 e. The lowest BCUT2D eigenvalue weighted by atomic mass is 9.82. The molecule has 4 rings (SSSR count). The van der Waals surface area contributed by atoms with Gasteiger partial charge in [0, 0.05) is 31.1 Å². The lowest BCUT2D eigenvalue weighted by Gasteiger charge is -2.40. The maximum absolute atomic E-state index is 10.8. The molecule has 2 N–H and O–H groups in total. The standard InChI is InChI=1S/C29H36N2O/c32-23-28(29(26-17-9-3-10-18-26)27-19-11-4-12-20-30-27)31(21-24-13-5-1-6-14-24)22-25-15-7-2-8-16-25/h1-3,5-10,13-18,27-30,32H,4,11-12,19-23H2. The molecule has 0 aliphatic carbocycles. The minimum absolute atomic E-state index is 0.0217. The smallest absolute Gasteiger partial charge is 0.0593 e. The van der Waals surface area contributed by atoms with Crippen molar-refractivity contribution in [1.82, 2.24) is 10.2 Å². The first-order valence-corrected chi connectivity index (χ1v) is 12.1. The van der Waals surface area contributed by atoms with Crippen LogP contribution in [0.15, 0.2) is 91.0 Å². The summed E-state index contributed by atoms with van der Waals surface area (Å²) in [5.41, 5.74) is 3.88. The summed E-state index contributed by atoms with van der Waals surface area (Å²) in [7, 11) is 0. The number of aliphatic hydroxyl groups is 1. The zero-order valence-electron chi connectivity index (χ0n) is 18.9. The normalized spacial score (nSPS) is 18.8. The average molecular weight is 429 g/mol. The quantitative estimate of drug-likeness (QED) is 0.481. The van der Waals surface area contributed by atoms with Gasteiger partial charge in [0.1, 0.15) is 0 Å². The highest BCUT2D eigenvalue weighted by Gasteiger charge is 2.34. The van der Waals surface area contributed by atoms with E-state index in [0.29, 0.717) is 6.04 Å². The van der Waals surface area contributed by atoms with E-state index in [2.05, 4.69) is 101 Å². The number of hydrogen-bond acceptors (Lipinski definition) is 3. The molecule has 0 saturated carbocycles. The molecule has 1 heterocycles. The van der Waals surface area contributed by atoms with Crippen LogP contribution in [0.25, 0.3) is 0 Å². The fourth-order valence-electron chi connectivity index (χ4n) is 5.14. The molecule has 0 bridgehead atoms. The highest BCUT2D eigenvalue weighted by Crippen LogP contribution is 2.32. The first kappa shape index (κ1) is 22.7. The van der Waals surface area contributed by atoms with Gasteiger partial charge in [-0.15, -0.1) is 0 Å². The molecular weight excluding hydrogens is 392 g/mol. The molecule has 3 heteroatoms. The van der Waals surface area contributed by atoms with Gasteiger partial charge in [-0.05, 0) is 36.1 Å². The Morgan fingerprint density at radius 3 is 1.88 bits per heavy atom. The van der Waals surface area contributed by atoms with Crippen molar-refractivity contribution >= 4 is 0 Å². The lowest BCUT2D eigenvalue weighted by Crippen LogP contribution is -2.49. The van der Waals surface area contributed by atoms with Crippen molar-refractivity contribution in [2.45, 2.75) is 56.8 Å². The number of nitrogens with one attached hydrogen (secondary N) is 1. The molecule has 0 amide bonds. The minimum atomic E-state index is 0.0217. The highest BCUT2D eigenvalue weighted by molar-refractivity contribution is 5.25. The van der Waals surface area contributed by atoms with Gasteiger partial charge >= 0.3 is 0 Å². The van der Waals surface area contributed by atoms with Crippen molar-refractivity contribution < 1.29 is 5.11 Å². The van der Waals surface area contributed by atoms with Crippen LogP contribution in [-0.2, 0) is 13.1 Å². The molecule has 3 atom stereocenters. The van der Waals surface area contributed by atoms with Crippen molar-refractivity contribution in [3.63, 3.8) is 0 Å². The predicted molar refractivity (Wildman–Crippen MR) is 132 cm³/mol. The van der Waals surface area contributed by atoms with Gasteiger partial charge in [-0.3, -0.25) is 4.90 Å². The number of nitrogens with zero attached hydrogens (tertiary/aromatic N) is 1. The van der Waals surface area contributed by atoms with E-state index in [0.717, 1.165) is 26.1 Å². The summed E-state index contributed by atoms with van der Waals surface area (Å²) in [6.07, 6.45) is 4.92. The van der Waals surface area contributed by atoms with Gasteiger partial charge < -0.3 is 10.4 Å². The van der Waals surface area contributed by atoms with Gasteiger partial charge in [0.15, 0.2) is 0 Å². The summed E-state index contributed by atoms with van der Waals surface area (Å²) in [6.45, 7) is 2.83. The second-order valence-corrected chi connectivity index (χ2v) is 8.97. The zero-order valence-corrected chi connectivity index (χ0v) is 18.9. The Morgan fingerprint density at radius 2 is 1.31 bits per heavy atom. The van der Waals surface area contributed by atoms with Gasteiger partial charge in [-0.1, -0.05) is 104 Å². The van der Waals surface area contributed by atoms with E-state index in [4.69, 9.17) is 0 Å². The van der Waals surface area contributed by atoms with Crippen molar-refractivity contribution in [2.24, 2.45) is 0 Å². The molecule has 32 heavy (non-hydrogen) atoms. The predicted octanol–water partition coefficient (Wildman–Crippen LogP) is 5.37. The molecular formula is C29H36N2O. The fourth-order valence-corrected chi connectivity index (χ4v) is 5.14. The molecule has 3 aromatic carbocycles. The van der Waals surface area contributed by atoms with E-state index < -0.39 is 0 Å². The van der Waals surface area contributed by atoms with Gasteiger partial charge in [-0.2, -0.15) is 0 Å². The summed E-state index contributed by atoms with van der Waals surface area (Å²) in [5.74, 6) is 0.228. The van der Waals surface area contributed by atoms with Crippen LogP contribution in [0, 0.1) is 0 Å². The molecule has 3 unspecified atom stereocenters. The number of rotatable bonds is 9. The van der Waals surface area contributed by atoms with E-state index in [1.807, 2.05) is 0 Å². The van der Waals surface area contributed by atoms with Crippen LogP contribution in [0.4, 0.5) is 0 Å². The van der Waals surface area contributed by atoms with Crippen LogP contribution in [0.2, 0.25) is 0 Å². The van der Waals surface area contributed by atoms with Crippen LogP contribution in [0.3, 0.4) is 0 Å². The third-order valence-electron chi connectivity index (χ3n) is 6.74. The Hall–Kier alpha value is -2.46. The first-order valence-electron chi connectivity index (χ1n) is 12.1. The fraction of sp³-hybridized carbons (Fsp3) is 0.379. The Morgan fingerprint density at radius 1 is 0.750 bits per heavy atom. The van der Waals surface area contributed by atoms with Crippen LogP contribution < -0.4 is 5.32 Å². The lowest BCUT2D eigenvalue weighted by molar-refractivity contribution is 0.0778. The molecule has 0 spiro atoms. The molecule has 1 fully saturated rings. The molecule has 1 aliphatic rings. The number of aliphatic hydroxyl groups excluding tert-OH is 1. The van der Waals surface area contributed by atoms with Crippen molar-refractivity contribution in [2.75, 3.05) is 13.2 Å². The van der Waals surface area contributed by atoms with Crippen molar-refractivity contribution in [3.05, 3.63) is 108 Å². The maximum atomic E-state index is 10.8. The number of hydrogen-bond donors (Lipinski definition) is 2. The Balaban J connectivity index is 1.69. The Labute approximate surface area is 193 Å². The summed E-state index contributed by atoms with van der Waals surface area (Å²) in [5, 5.41) is 14.7. The molecule has 3 aromatic rings. The second kappa shape index (κ2) is 12.0. The summed E-state index contributed by atoms with van der Waals surface area (Å²) in [4.78, 5) is 2.48. The van der Waals surface area contributed by atoms with Crippen LogP contribution in [0.1, 0.15) is 48.3 Å². The third kappa shape index (κ3) is 6.07. The molecule has 3 nitrogen and oxygen atoms in total. The van der Waals surface area contributed by atoms with Crippen LogP contribution in [0.5, 0.6) is 0 Å². The maximum Gasteiger partial charge on any atom is 0.0593 e. The molecule has 0 aromatic heterocycles. The van der Waals surface area contributed by atoms with Crippen LogP contribution >= 0.6 is 0 Å². The zero-order chi connectivity index (χ0) is 22.0. The van der Waals surface area contributed by atoms with Gasteiger partial charge in [0.25, 0.3) is 0 Å². The van der Waals surface area contributed by atoms with E-state index in [9.17, 15) is 5.11 Å². The summed E-state index contributed by atoms with van der Waals surface area (Å²) < 4.78 is 0.